The van der Waals surface area contributed by atoms with Crippen molar-refractivity contribution in [1.82, 2.24) is 14.9 Å². The van der Waals surface area contributed by atoms with E-state index in [1.165, 1.54) is 22.9 Å². The van der Waals surface area contributed by atoms with Crippen molar-refractivity contribution >= 4 is 29.3 Å². The maximum absolute atomic E-state index is 12.4. The highest BCUT2D eigenvalue weighted by molar-refractivity contribution is 7.99. The number of nitrogens with one attached hydrogen (secondary N) is 2. The van der Waals surface area contributed by atoms with Crippen molar-refractivity contribution in [2.24, 2.45) is 5.92 Å². The largest absolute Gasteiger partial charge is 0.351 e. The molecule has 0 atom stereocenters. The van der Waals surface area contributed by atoms with E-state index in [4.69, 9.17) is 0 Å². The monoisotopic (exact) mass is 434 g/mol. The molecule has 0 radical (unpaired) electrons. The number of imidazole rings is 1. The number of carbonyl (C=O) groups excluding carboxylic acids is 2. The number of benzene rings is 2. The molecule has 3 aromatic rings. The van der Waals surface area contributed by atoms with Gasteiger partial charge >= 0.3 is 0 Å². The first-order valence-corrected chi connectivity index (χ1v) is 11.4. The van der Waals surface area contributed by atoms with E-state index in [0.717, 1.165) is 34.9 Å². The van der Waals surface area contributed by atoms with Crippen LogP contribution in [0.1, 0.15) is 29.5 Å². The molecule has 2 amide bonds. The Morgan fingerprint density at radius 3 is 2.74 bits per heavy atom. The van der Waals surface area contributed by atoms with E-state index in [-0.39, 0.29) is 23.5 Å². The topological polar surface area (TPSA) is 76.0 Å². The first-order valence-electron chi connectivity index (χ1n) is 10.4. The average Bonchev–Trinajstić information content (AvgIpc) is 3.51. The molecule has 1 aromatic heterocycles. The summed E-state index contributed by atoms with van der Waals surface area (Å²) in [7, 11) is 0. The Balaban J connectivity index is 1.30. The first kappa shape index (κ1) is 21.2. The van der Waals surface area contributed by atoms with Crippen LogP contribution >= 0.6 is 11.8 Å². The van der Waals surface area contributed by atoms with Crippen LogP contribution in [0.25, 0.3) is 5.69 Å². The second-order valence-corrected chi connectivity index (χ2v) is 8.82. The minimum atomic E-state index is -0.0629. The summed E-state index contributed by atoms with van der Waals surface area (Å²) < 4.78 is 2.00. The summed E-state index contributed by atoms with van der Waals surface area (Å²) in [4.78, 5) is 28.7. The average molecular weight is 435 g/mol. The Labute approximate surface area is 186 Å². The molecule has 1 fully saturated rings. The zero-order chi connectivity index (χ0) is 21.8. The first-order chi connectivity index (χ1) is 15.0. The molecular weight excluding hydrogens is 408 g/mol. The van der Waals surface area contributed by atoms with Crippen LogP contribution in [0.5, 0.6) is 0 Å². The SMILES string of the molecule is Cc1ccc(-n2ccnc2SCC(=O)NCc2cccc(NC(=O)C3CC3)c2)cc1C. The quantitative estimate of drug-likeness (QED) is 0.520. The van der Waals surface area contributed by atoms with Crippen molar-refractivity contribution in [3.05, 3.63) is 71.5 Å². The van der Waals surface area contributed by atoms with Crippen molar-refractivity contribution in [3.63, 3.8) is 0 Å². The van der Waals surface area contributed by atoms with Crippen molar-refractivity contribution in [1.29, 1.82) is 0 Å². The van der Waals surface area contributed by atoms with E-state index >= 15 is 0 Å². The Morgan fingerprint density at radius 2 is 1.97 bits per heavy atom. The molecule has 1 aliphatic rings. The maximum Gasteiger partial charge on any atom is 0.230 e. The highest BCUT2D eigenvalue weighted by Gasteiger charge is 2.29. The third kappa shape index (κ3) is 5.55. The molecule has 0 saturated heterocycles. The van der Waals surface area contributed by atoms with Crippen LogP contribution in [-0.4, -0.2) is 27.1 Å². The highest BCUT2D eigenvalue weighted by Crippen LogP contribution is 2.30. The molecule has 0 bridgehead atoms. The summed E-state index contributed by atoms with van der Waals surface area (Å²) in [6.07, 6.45) is 5.60. The predicted molar refractivity (Wildman–Crippen MR) is 123 cm³/mol. The number of hydrogen-bond donors (Lipinski definition) is 2. The Bertz CT molecular complexity index is 1100. The lowest BCUT2D eigenvalue weighted by molar-refractivity contribution is -0.119. The summed E-state index contributed by atoms with van der Waals surface area (Å²) in [5.74, 6) is 0.459. The summed E-state index contributed by atoms with van der Waals surface area (Å²) in [6.45, 7) is 4.59. The summed E-state index contributed by atoms with van der Waals surface area (Å²) in [6, 6.07) is 13.9. The van der Waals surface area contributed by atoms with Crippen LogP contribution in [0.3, 0.4) is 0 Å². The van der Waals surface area contributed by atoms with Gasteiger partial charge in [0.1, 0.15) is 0 Å². The lowest BCUT2D eigenvalue weighted by Gasteiger charge is -2.10. The Morgan fingerprint density at radius 1 is 1.13 bits per heavy atom. The highest BCUT2D eigenvalue weighted by atomic mass is 32.2. The fraction of sp³-hybridized carbons (Fsp3) is 0.292. The molecule has 6 nitrogen and oxygen atoms in total. The van der Waals surface area contributed by atoms with Crippen molar-refractivity contribution in [2.75, 3.05) is 11.1 Å². The molecule has 0 aliphatic heterocycles. The van der Waals surface area contributed by atoms with Gasteiger partial charge in [-0.2, -0.15) is 0 Å². The fourth-order valence-corrected chi connectivity index (χ4v) is 4.00. The van der Waals surface area contributed by atoms with E-state index in [1.54, 1.807) is 6.20 Å². The van der Waals surface area contributed by atoms with E-state index in [9.17, 15) is 9.59 Å². The molecule has 4 rings (SSSR count). The molecular formula is C24H26N4O2S. The third-order valence-corrected chi connectivity index (χ3v) is 6.31. The van der Waals surface area contributed by atoms with Crippen molar-refractivity contribution < 1.29 is 9.59 Å². The van der Waals surface area contributed by atoms with Gasteiger partial charge in [-0.1, -0.05) is 30.0 Å². The van der Waals surface area contributed by atoms with Gasteiger partial charge in [0.15, 0.2) is 5.16 Å². The smallest absolute Gasteiger partial charge is 0.230 e. The van der Waals surface area contributed by atoms with Gasteiger partial charge in [-0.3, -0.25) is 14.2 Å². The van der Waals surface area contributed by atoms with Crippen LogP contribution in [0.2, 0.25) is 0 Å². The van der Waals surface area contributed by atoms with Gasteiger partial charge in [-0.05, 0) is 67.6 Å². The zero-order valence-corrected chi connectivity index (χ0v) is 18.5. The number of amides is 2. The molecule has 1 saturated carbocycles. The number of thioether (sulfide) groups is 1. The molecule has 31 heavy (non-hydrogen) atoms. The lowest BCUT2D eigenvalue weighted by atomic mass is 10.1. The molecule has 7 heteroatoms. The van der Waals surface area contributed by atoms with Gasteiger partial charge in [0.05, 0.1) is 5.75 Å². The minimum absolute atomic E-state index is 0.0629. The molecule has 2 N–H and O–H groups in total. The second kappa shape index (κ2) is 9.39. The number of hydrogen-bond acceptors (Lipinski definition) is 4. The van der Waals surface area contributed by atoms with E-state index in [0.29, 0.717) is 6.54 Å². The van der Waals surface area contributed by atoms with Crippen LogP contribution in [0.4, 0.5) is 5.69 Å². The zero-order valence-electron chi connectivity index (χ0n) is 17.7. The van der Waals surface area contributed by atoms with Gasteiger partial charge in [0, 0.05) is 36.2 Å². The molecule has 0 unspecified atom stereocenters. The van der Waals surface area contributed by atoms with E-state index in [2.05, 4.69) is 47.7 Å². The number of carbonyl (C=O) groups is 2. The molecule has 1 aliphatic carbocycles. The fourth-order valence-electron chi connectivity index (χ4n) is 3.20. The molecule has 160 valence electrons. The molecule has 2 aromatic carbocycles. The van der Waals surface area contributed by atoms with Gasteiger partial charge in [-0.15, -0.1) is 0 Å². The summed E-state index contributed by atoms with van der Waals surface area (Å²) in [5, 5.41) is 6.66. The third-order valence-electron chi connectivity index (χ3n) is 5.34. The summed E-state index contributed by atoms with van der Waals surface area (Å²) in [5.41, 5.74) is 5.22. The normalized spacial score (nSPS) is 13.1. The molecule has 0 spiro atoms. The van der Waals surface area contributed by atoms with E-state index < -0.39 is 0 Å². The Kier molecular flexibility index (Phi) is 6.42. The van der Waals surface area contributed by atoms with E-state index in [1.807, 2.05) is 35.0 Å². The van der Waals surface area contributed by atoms with Gasteiger partial charge in [0.25, 0.3) is 0 Å². The predicted octanol–water partition coefficient (Wildman–Crippen LogP) is 4.25. The number of aromatic nitrogens is 2. The number of aryl methyl sites for hydroxylation is 2. The van der Waals surface area contributed by atoms with Crippen molar-refractivity contribution in [2.45, 2.75) is 38.4 Å². The standard InChI is InChI=1S/C24H26N4O2S/c1-16-6-9-21(12-17(16)2)28-11-10-25-24(28)31-15-22(29)26-14-18-4-3-5-20(13-18)27-23(30)19-7-8-19/h3-6,9-13,19H,7-8,14-15H2,1-2H3,(H,26,29)(H,27,30). The number of anilines is 1. The van der Waals surface area contributed by atoms with Crippen LogP contribution < -0.4 is 10.6 Å². The second-order valence-electron chi connectivity index (χ2n) is 7.88. The number of rotatable bonds is 8. The van der Waals surface area contributed by atoms with Crippen LogP contribution in [0, 0.1) is 19.8 Å². The van der Waals surface area contributed by atoms with Crippen molar-refractivity contribution in [3.8, 4) is 5.69 Å². The van der Waals surface area contributed by atoms with Crippen LogP contribution in [0.15, 0.2) is 60.0 Å². The lowest BCUT2D eigenvalue weighted by Crippen LogP contribution is -2.24. The maximum atomic E-state index is 12.4. The van der Waals surface area contributed by atoms with Crippen LogP contribution in [-0.2, 0) is 16.1 Å². The Hall–Kier alpha value is -3.06. The van der Waals surface area contributed by atoms with Gasteiger partial charge in [-0.25, -0.2) is 4.98 Å². The summed E-state index contributed by atoms with van der Waals surface area (Å²) >= 11 is 1.41. The number of nitrogens with zero attached hydrogens (tertiary/aromatic N) is 2. The molecule has 1 heterocycles. The van der Waals surface area contributed by atoms with Gasteiger partial charge in [0.2, 0.25) is 11.8 Å². The van der Waals surface area contributed by atoms with Gasteiger partial charge < -0.3 is 10.6 Å². The minimum Gasteiger partial charge on any atom is -0.351 e.